The Hall–Kier alpha value is -1.61. The zero-order valence-corrected chi connectivity index (χ0v) is 9.61. The fraction of sp³-hybridized carbons (Fsp3) is 0.167. The average Bonchev–Trinajstić information content (AvgIpc) is 2.38. The number of ether oxygens (including phenoxy) is 1. The van der Waals surface area contributed by atoms with Crippen molar-refractivity contribution in [3.8, 4) is 16.9 Å². The minimum Gasteiger partial charge on any atom is -0.495 e. The number of aromatic nitrogens is 2. The van der Waals surface area contributed by atoms with Crippen LogP contribution in [-0.4, -0.2) is 17.1 Å². The number of nitrogens with zero attached hydrogens (tertiary/aromatic N) is 2. The summed E-state index contributed by atoms with van der Waals surface area (Å²) in [6.07, 6.45) is 6.94. The van der Waals surface area contributed by atoms with Crippen molar-refractivity contribution in [1.29, 1.82) is 0 Å². The lowest BCUT2D eigenvalue weighted by Gasteiger charge is -2.10. The van der Waals surface area contributed by atoms with Crippen LogP contribution in [0, 0.1) is 0 Å². The molecule has 0 aromatic carbocycles. The van der Waals surface area contributed by atoms with Gasteiger partial charge in [0.05, 0.1) is 19.2 Å². The van der Waals surface area contributed by atoms with Crippen LogP contribution in [0.2, 0.25) is 0 Å². The van der Waals surface area contributed by atoms with Gasteiger partial charge in [-0.1, -0.05) is 0 Å². The third-order valence-corrected chi connectivity index (χ3v) is 2.63. The molecule has 0 atom stereocenters. The van der Waals surface area contributed by atoms with Crippen LogP contribution < -0.4 is 4.74 Å². The van der Waals surface area contributed by atoms with Crippen LogP contribution in [0.3, 0.4) is 0 Å². The third kappa shape index (κ3) is 1.99. The number of pyridine rings is 2. The molecule has 2 aromatic rings. The molecule has 2 heterocycles. The van der Waals surface area contributed by atoms with Crippen molar-refractivity contribution in [2.24, 2.45) is 0 Å². The SMILES string of the molecule is COc1cncc(-c2ccncc2)c1CCl. The highest BCUT2D eigenvalue weighted by Crippen LogP contribution is 2.30. The van der Waals surface area contributed by atoms with E-state index in [2.05, 4.69) is 9.97 Å². The molecule has 2 aromatic heterocycles. The molecule has 3 nitrogen and oxygen atoms in total. The summed E-state index contributed by atoms with van der Waals surface area (Å²) in [5.74, 6) is 1.10. The zero-order valence-electron chi connectivity index (χ0n) is 8.85. The van der Waals surface area contributed by atoms with Crippen LogP contribution in [0.4, 0.5) is 0 Å². The predicted octanol–water partition coefficient (Wildman–Crippen LogP) is 2.89. The van der Waals surface area contributed by atoms with Crippen LogP contribution in [0.15, 0.2) is 36.9 Å². The first-order chi connectivity index (χ1) is 7.86. The van der Waals surface area contributed by atoms with Crippen molar-refractivity contribution in [3.63, 3.8) is 0 Å². The molecule has 0 saturated heterocycles. The second-order valence-corrected chi connectivity index (χ2v) is 3.50. The van der Waals surface area contributed by atoms with E-state index in [1.165, 1.54) is 0 Å². The molecule has 0 amide bonds. The molecule has 16 heavy (non-hydrogen) atoms. The standard InChI is InChI=1S/C12H11ClN2O/c1-16-12-8-15-7-11(10(12)6-13)9-2-4-14-5-3-9/h2-5,7-8H,6H2,1H3. The predicted molar refractivity (Wildman–Crippen MR) is 63.6 cm³/mol. The summed E-state index contributed by atoms with van der Waals surface area (Å²) in [6.45, 7) is 0. The molecule has 4 heteroatoms. The number of hydrogen-bond acceptors (Lipinski definition) is 3. The highest BCUT2D eigenvalue weighted by Gasteiger charge is 2.10. The van der Waals surface area contributed by atoms with Crippen LogP contribution in [0.1, 0.15) is 5.56 Å². The Labute approximate surface area is 99.1 Å². The maximum Gasteiger partial charge on any atom is 0.142 e. The lowest BCUT2D eigenvalue weighted by Crippen LogP contribution is -1.94. The second kappa shape index (κ2) is 4.94. The summed E-state index contributed by atoms with van der Waals surface area (Å²) >= 11 is 5.94. The van der Waals surface area contributed by atoms with Crippen molar-refractivity contribution in [2.75, 3.05) is 7.11 Å². The Kier molecular flexibility index (Phi) is 3.37. The van der Waals surface area contributed by atoms with Crippen molar-refractivity contribution < 1.29 is 4.74 Å². The van der Waals surface area contributed by atoms with Gasteiger partial charge in [0, 0.05) is 29.7 Å². The molecule has 0 fully saturated rings. The topological polar surface area (TPSA) is 35.0 Å². The Balaban J connectivity index is 2.57. The molecule has 0 bridgehead atoms. The molecule has 0 aliphatic rings. The van der Waals surface area contributed by atoms with Gasteiger partial charge in [-0.05, 0) is 17.7 Å². The van der Waals surface area contributed by atoms with Gasteiger partial charge in [0.15, 0.2) is 0 Å². The fourth-order valence-electron chi connectivity index (χ4n) is 1.56. The van der Waals surface area contributed by atoms with E-state index in [1.807, 2.05) is 12.1 Å². The van der Waals surface area contributed by atoms with E-state index in [0.29, 0.717) is 11.6 Å². The van der Waals surface area contributed by atoms with Gasteiger partial charge >= 0.3 is 0 Å². The molecule has 0 aliphatic carbocycles. The van der Waals surface area contributed by atoms with Gasteiger partial charge in [-0.25, -0.2) is 0 Å². The molecule has 2 rings (SSSR count). The van der Waals surface area contributed by atoms with Gasteiger partial charge in [0.2, 0.25) is 0 Å². The molecule has 0 unspecified atom stereocenters. The Morgan fingerprint density at radius 3 is 2.56 bits per heavy atom. The van der Waals surface area contributed by atoms with Crippen LogP contribution in [0.5, 0.6) is 5.75 Å². The largest absolute Gasteiger partial charge is 0.495 e. The third-order valence-electron chi connectivity index (χ3n) is 2.36. The number of rotatable bonds is 3. The minimum absolute atomic E-state index is 0.392. The zero-order chi connectivity index (χ0) is 11.4. The molecule has 0 spiro atoms. The Morgan fingerprint density at radius 2 is 1.94 bits per heavy atom. The van der Waals surface area contributed by atoms with E-state index in [-0.39, 0.29) is 0 Å². The van der Waals surface area contributed by atoms with Crippen molar-refractivity contribution >= 4 is 11.6 Å². The number of alkyl halides is 1. The highest BCUT2D eigenvalue weighted by atomic mass is 35.5. The van der Waals surface area contributed by atoms with Gasteiger partial charge in [0.1, 0.15) is 5.75 Å². The molecule has 0 saturated carbocycles. The molecule has 0 radical (unpaired) electrons. The van der Waals surface area contributed by atoms with Crippen LogP contribution in [0.25, 0.3) is 11.1 Å². The fourth-order valence-corrected chi connectivity index (χ4v) is 1.84. The second-order valence-electron chi connectivity index (χ2n) is 3.24. The first-order valence-electron chi connectivity index (χ1n) is 4.84. The average molecular weight is 235 g/mol. The van der Waals surface area contributed by atoms with Gasteiger partial charge in [-0.2, -0.15) is 0 Å². The van der Waals surface area contributed by atoms with E-state index in [9.17, 15) is 0 Å². The summed E-state index contributed by atoms with van der Waals surface area (Å²) in [5, 5.41) is 0. The first-order valence-corrected chi connectivity index (χ1v) is 5.37. The van der Waals surface area contributed by atoms with Gasteiger partial charge in [0.25, 0.3) is 0 Å². The highest BCUT2D eigenvalue weighted by molar-refractivity contribution is 6.17. The molecular weight excluding hydrogens is 224 g/mol. The van der Waals surface area contributed by atoms with E-state index in [4.69, 9.17) is 16.3 Å². The van der Waals surface area contributed by atoms with Gasteiger partial charge in [-0.15, -0.1) is 11.6 Å². The quantitative estimate of drug-likeness (QED) is 0.766. The maximum atomic E-state index is 5.94. The van der Waals surface area contributed by atoms with Crippen LogP contribution in [-0.2, 0) is 5.88 Å². The summed E-state index contributed by atoms with van der Waals surface area (Å²) < 4.78 is 5.24. The van der Waals surface area contributed by atoms with E-state index in [0.717, 1.165) is 16.7 Å². The Bertz CT molecular complexity index is 474. The lowest BCUT2D eigenvalue weighted by atomic mass is 10.0. The van der Waals surface area contributed by atoms with Crippen molar-refractivity contribution in [1.82, 2.24) is 9.97 Å². The summed E-state index contributed by atoms with van der Waals surface area (Å²) in [5.41, 5.74) is 2.97. The minimum atomic E-state index is 0.392. The number of hydrogen-bond donors (Lipinski definition) is 0. The van der Waals surface area contributed by atoms with E-state index < -0.39 is 0 Å². The molecular formula is C12H11ClN2O. The van der Waals surface area contributed by atoms with Crippen molar-refractivity contribution in [2.45, 2.75) is 5.88 Å². The Morgan fingerprint density at radius 1 is 1.19 bits per heavy atom. The van der Waals surface area contributed by atoms with E-state index >= 15 is 0 Å². The summed E-state index contributed by atoms with van der Waals surface area (Å²) in [6, 6.07) is 3.85. The maximum absolute atomic E-state index is 5.94. The first kappa shape index (κ1) is 10.9. The van der Waals surface area contributed by atoms with E-state index in [1.54, 1.807) is 31.9 Å². The van der Waals surface area contributed by atoms with Gasteiger partial charge < -0.3 is 4.74 Å². The number of methoxy groups -OCH3 is 1. The monoisotopic (exact) mass is 234 g/mol. The normalized spacial score (nSPS) is 10.1. The molecule has 82 valence electrons. The van der Waals surface area contributed by atoms with Crippen molar-refractivity contribution in [3.05, 3.63) is 42.5 Å². The van der Waals surface area contributed by atoms with Crippen LogP contribution >= 0.6 is 11.6 Å². The molecule has 0 aliphatic heterocycles. The summed E-state index contributed by atoms with van der Waals surface area (Å²) in [4.78, 5) is 8.12. The van der Waals surface area contributed by atoms with Gasteiger partial charge in [-0.3, -0.25) is 9.97 Å². The number of halogens is 1. The smallest absolute Gasteiger partial charge is 0.142 e. The summed E-state index contributed by atoms with van der Waals surface area (Å²) in [7, 11) is 1.61. The lowest BCUT2D eigenvalue weighted by molar-refractivity contribution is 0.409. The molecule has 0 N–H and O–H groups in total.